The molecule has 0 aliphatic carbocycles. The average Bonchev–Trinajstić information content (AvgIpc) is 3.32. The third-order valence-corrected chi connectivity index (χ3v) is 5.88. The van der Waals surface area contributed by atoms with Crippen LogP contribution in [0.15, 0.2) is 71.1 Å². The molecule has 1 aromatic heterocycles. The normalized spacial score (nSPS) is 21.2. The molecule has 1 N–H and O–H groups in total. The Labute approximate surface area is 156 Å². The molecule has 0 spiro atoms. The van der Waals surface area contributed by atoms with Gasteiger partial charge in [0.15, 0.2) is 0 Å². The van der Waals surface area contributed by atoms with E-state index in [-0.39, 0.29) is 5.92 Å². The Morgan fingerprint density at radius 2 is 2.08 bits per heavy atom. The first-order chi connectivity index (χ1) is 12.2. The van der Waals surface area contributed by atoms with Gasteiger partial charge in [-0.15, -0.1) is 11.8 Å². The van der Waals surface area contributed by atoms with E-state index in [9.17, 15) is 5.11 Å². The molecule has 4 rings (SSSR count). The van der Waals surface area contributed by atoms with Crippen LogP contribution in [0.25, 0.3) is 0 Å². The van der Waals surface area contributed by atoms with E-state index in [0.29, 0.717) is 11.6 Å². The zero-order valence-corrected chi connectivity index (χ0v) is 15.1. The number of pyridine rings is 1. The molecule has 0 saturated carbocycles. The van der Waals surface area contributed by atoms with E-state index in [1.165, 1.54) is 0 Å². The predicted molar refractivity (Wildman–Crippen MR) is 102 cm³/mol. The van der Waals surface area contributed by atoms with Crippen LogP contribution in [-0.4, -0.2) is 22.5 Å². The van der Waals surface area contributed by atoms with Crippen molar-refractivity contribution in [3.8, 4) is 0 Å². The molecule has 2 unspecified atom stereocenters. The number of aromatic nitrogens is 1. The summed E-state index contributed by atoms with van der Waals surface area (Å²) in [5.74, 6) is 1.90. The largest absolute Gasteiger partial charge is 0.491 e. The van der Waals surface area contributed by atoms with E-state index in [0.717, 1.165) is 39.5 Å². The Balaban J connectivity index is 1.78. The van der Waals surface area contributed by atoms with Crippen LogP contribution >= 0.6 is 23.4 Å². The summed E-state index contributed by atoms with van der Waals surface area (Å²) in [5, 5.41) is 11.8. The first-order valence-electron chi connectivity index (χ1n) is 8.27. The molecule has 0 amide bonds. The lowest BCUT2D eigenvalue weighted by atomic mass is 9.86. The Morgan fingerprint density at radius 1 is 1.24 bits per heavy atom. The van der Waals surface area contributed by atoms with E-state index in [4.69, 9.17) is 16.3 Å². The van der Waals surface area contributed by atoms with Gasteiger partial charge in [-0.25, -0.2) is 0 Å². The SMILES string of the molecule is OC(C1=C(C2=CCCS2)OCC1c1ccc(Cl)cc1)c1cccnc1. The van der Waals surface area contributed by atoms with Gasteiger partial charge in [-0.3, -0.25) is 4.98 Å². The highest BCUT2D eigenvalue weighted by Gasteiger charge is 2.36. The molecule has 0 fully saturated rings. The van der Waals surface area contributed by atoms with Crippen molar-refractivity contribution in [1.29, 1.82) is 0 Å². The van der Waals surface area contributed by atoms with Crippen LogP contribution in [0.2, 0.25) is 5.02 Å². The molecule has 2 aliphatic heterocycles. The Bertz CT molecular complexity index is 817. The van der Waals surface area contributed by atoms with E-state index >= 15 is 0 Å². The molecule has 2 atom stereocenters. The minimum Gasteiger partial charge on any atom is -0.491 e. The maximum Gasteiger partial charge on any atom is 0.135 e. The van der Waals surface area contributed by atoms with Crippen molar-refractivity contribution in [2.24, 2.45) is 0 Å². The zero-order valence-electron chi connectivity index (χ0n) is 13.6. The fourth-order valence-corrected chi connectivity index (χ4v) is 4.42. The Morgan fingerprint density at radius 3 is 2.76 bits per heavy atom. The summed E-state index contributed by atoms with van der Waals surface area (Å²) in [4.78, 5) is 5.28. The number of aliphatic hydroxyl groups excluding tert-OH is 1. The van der Waals surface area contributed by atoms with Crippen molar-refractivity contribution in [2.45, 2.75) is 18.4 Å². The lowest BCUT2D eigenvalue weighted by Crippen LogP contribution is -2.11. The fourth-order valence-electron chi connectivity index (χ4n) is 3.29. The van der Waals surface area contributed by atoms with Crippen LogP contribution in [0.4, 0.5) is 0 Å². The van der Waals surface area contributed by atoms with Crippen LogP contribution in [0, 0.1) is 0 Å². The number of aliphatic hydroxyl groups is 1. The maximum absolute atomic E-state index is 11.1. The van der Waals surface area contributed by atoms with Crippen molar-refractivity contribution in [3.05, 3.63) is 87.3 Å². The van der Waals surface area contributed by atoms with Gasteiger partial charge in [-0.2, -0.15) is 0 Å². The molecule has 128 valence electrons. The quantitative estimate of drug-likeness (QED) is 0.833. The van der Waals surface area contributed by atoms with Crippen LogP contribution in [0.1, 0.15) is 29.6 Å². The number of ether oxygens (including phenoxy) is 1. The molecule has 2 aliphatic rings. The average molecular weight is 372 g/mol. The third-order valence-electron chi connectivity index (χ3n) is 4.53. The van der Waals surface area contributed by atoms with Crippen LogP contribution < -0.4 is 0 Å². The molecular formula is C20H18ClNO2S. The number of nitrogens with zero attached hydrogens (tertiary/aromatic N) is 1. The number of thioether (sulfide) groups is 1. The van der Waals surface area contributed by atoms with Crippen molar-refractivity contribution < 1.29 is 9.84 Å². The number of hydrogen-bond donors (Lipinski definition) is 1. The van der Waals surface area contributed by atoms with E-state index in [1.54, 1.807) is 24.2 Å². The minimum atomic E-state index is -0.742. The molecule has 0 saturated heterocycles. The van der Waals surface area contributed by atoms with Gasteiger partial charge < -0.3 is 9.84 Å². The summed E-state index contributed by atoms with van der Waals surface area (Å²) in [5.41, 5.74) is 2.79. The van der Waals surface area contributed by atoms with E-state index < -0.39 is 6.10 Å². The highest BCUT2D eigenvalue weighted by atomic mass is 35.5. The molecule has 3 nitrogen and oxygen atoms in total. The number of rotatable bonds is 4. The number of hydrogen-bond acceptors (Lipinski definition) is 4. The predicted octanol–water partition coefficient (Wildman–Crippen LogP) is 4.86. The fraction of sp³-hybridized carbons (Fsp3) is 0.250. The first kappa shape index (κ1) is 16.7. The Kier molecular flexibility index (Phi) is 4.84. The smallest absolute Gasteiger partial charge is 0.135 e. The van der Waals surface area contributed by atoms with Gasteiger partial charge in [0.25, 0.3) is 0 Å². The summed E-state index contributed by atoms with van der Waals surface area (Å²) >= 11 is 7.82. The summed E-state index contributed by atoms with van der Waals surface area (Å²) in [6, 6.07) is 11.5. The van der Waals surface area contributed by atoms with Crippen LogP contribution in [0.5, 0.6) is 0 Å². The van der Waals surface area contributed by atoms with Crippen LogP contribution in [-0.2, 0) is 4.74 Å². The van der Waals surface area contributed by atoms with Crippen LogP contribution in [0.3, 0.4) is 0 Å². The summed E-state index contributed by atoms with van der Waals surface area (Å²) in [6.45, 7) is 0.529. The monoisotopic (exact) mass is 371 g/mol. The number of halogens is 1. The highest BCUT2D eigenvalue weighted by Crippen LogP contribution is 2.47. The van der Waals surface area contributed by atoms with Gasteiger partial charge in [0.1, 0.15) is 11.9 Å². The van der Waals surface area contributed by atoms with Crippen molar-refractivity contribution in [3.63, 3.8) is 0 Å². The Hall–Kier alpha value is -1.75. The standard InChI is InChI=1S/C20H18ClNO2S/c21-15-7-5-13(6-8-15)16-12-24-20(17-4-2-10-25-17)18(16)19(23)14-3-1-9-22-11-14/h1,3-9,11,16,19,23H,2,10,12H2. The van der Waals surface area contributed by atoms with Gasteiger partial charge in [-0.1, -0.05) is 35.9 Å². The summed E-state index contributed by atoms with van der Waals surface area (Å²) in [7, 11) is 0. The molecule has 5 heteroatoms. The van der Waals surface area contributed by atoms with Gasteiger partial charge in [0.2, 0.25) is 0 Å². The molecule has 0 radical (unpaired) electrons. The van der Waals surface area contributed by atoms with Gasteiger partial charge in [0.05, 0.1) is 6.61 Å². The maximum atomic E-state index is 11.1. The van der Waals surface area contributed by atoms with Crippen molar-refractivity contribution in [1.82, 2.24) is 4.98 Å². The van der Waals surface area contributed by atoms with E-state index in [2.05, 4.69) is 11.1 Å². The van der Waals surface area contributed by atoms with Gasteiger partial charge in [-0.05, 0) is 30.2 Å². The molecular weight excluding hydrogens is 354 g/mol. The minimum absolute atomic E-state index is 0.00423. The van der Waals surface area contributed by atoms with Gasteiger partial charge >= 0.3 is 0 Å². The number of benzene rings is 1. The summed E-state index contributed by atoms with van der Waals surface area (Å²) < 4.78 is 6.07. The summed E-state index contributed by atoms with van der Waals surface area (Å²) in [6.07, 6.45) is 5.91. The molecule has 1 aromatic carbocycles. The number of allylic oxidation sites excluding steroid dienone is 1. The van der Waals surface area contributed by atoms with E-state index in [1.807, 2.05) is 36.4 Å². The topological polar surface area (TPSA) is 42.4 Å². The second kappa shape index (κ2) is 7.24. The zero-order chi connectivity index (χ0) is 17.2. The molecule has 25 heavy (non-hydrogen) atoms. The molecule has 3 heterocycles. The second-order valence-electron chi connectivity index (χ2n) is 6.09. The van der Waals surface area contributed by atoms with Crippen molar-refractivity contribution in [2.75, 3.05) is 12.4 Å². The lowest BCUT2D eigenvalue weighted by Gasteiger charge is -2.19. The molecule has 2 aromatic rings. The van der Waals surface area contributed by atoms with Crippen molar-refractivity contribution >= 4 is 23.4 Å². The second-order valence-corrected chi connectivity index (χ2v) is 7.67. The lowest BCUT2D eigenvalue weighted by molar-refractivity contribution is 0.209. The first-order valence-corrected chi connectivity index (χ1v) is 9.64. The highest BCUT2D eigenvalue weighted by molar-refractivity contribution is 8.03. The van der Waals surface area contributed by atoms with Gasteiger partial charge in [0, 0.05) is 45.1 Å². The molecule has 0 bridgehead atoms. The third kappa shape index (κ3) is 3.34.